The Hall–Kier alpha value is -1.26. The molecule has 2 atom stereocenters. The maximum absolute atomic E-state index is 12.7. The molecule has 5 heteroatoms. The van der Waals surface area contributed by atoms with Gasteiger partial charge in [-0.1, -0.05) is 37.8 Å². The van der Waals surface area contributed by atoms with Gasteiger partial charge in [0.2, 0.25) is 5.91 Å². The van der Waals surface area contributed by atoms with Crippen LogP contribution in [0.5, 0.6) is 5.75 Å². The minimum Gasteiger partial charge on any atom is -0.497 e. The molecule has 26 heavy (non-hydrogen) atoms. The lowest BCUT2D eigenvalue weighted by molar-refractivity contribution is -0.126. The molecular formula is C21H33ClN2O2. The van der Waals surface area contributed by atoms with E-state index in [-0.39, 0.29) is 35.7 Å². The van der Waals surface area contributed by atoms with Gasteiger partial charge >= 0.3 is 0 Å². The molecule has 0 radical (unpaired) electrons. The van der Waals surface area contributed by atoms with Crippen LogP contribution >= 0.6 is 12.4 Å². The van der Waals surface area contributed by atoms with Crippen LogP contribution in [0, 0.1) is 5.92 Å². The fourth-order valence-corrected chi connectivity index (χ4v) is 4.61. The minimum absolute atomic E-state index is 0. The van der Waals surface area contributed by atoms with E-state index in [0.717, 1.165) is 50.8 Å². The first kappa shape index (κ1) is 21.0. The number of methoxy groups -OCH3 is 1. The first-order chi connectivity index (χ1) is 12.1. The number of benzene rings is 1. The van der Waals surface area contributed by atoms with Gasteiger partial charge in [0.25, 0.3) is 0 Å². The molecule has 1 aromatic rings. The van der Waals surface area contributed by atoms with Crippen LogP contribution in [0.15, 0.2) is 24.3 Å². The molecule has 0 spiro atoms. The van der Waals surface area contributed by atoms with E-state index in [2.05, 4.69) is 17.4 Å². The van der Waals surface area contributed by atoms with Gasteiger partial charge in [0.15, 0.2) is 0 Å². The van der Waals surface area contributed by atoms with E-state index in [0.29, 0.717) is 0 Å². The first-order valence-corrected chi connectivity index (χ1v) is 9.81. The highest BCUT2D eigenvalue weighted by Gasteiger charge is 2.35. The molecule has 3 rings (SSSR count). The van der Waals surface area contributed by atoms with Crippen LogP contribution in [-0.4, -0.2) is 25.6 Å². The van der Waals surface area contributed by atoms with Crippen LogP contribution in [0.1, 0.15) is 63.4 Å². The highest BCUT2D eigenvalue weighted by molar-refractivity contribution is 5.85. The number of carbonyl (C=O) groups is 1. The lowest BCUT2D eigenvalue weighted by atomic mass is 9.69. The van der Waals surface area contributed by atoms with Gasteiger partial charge in [0.1, 0.15) is 5.75 Å². The van der Waals surface area contributed by atoms with Crippen molar-refractivity contribution in [1.82, 2.24) is 5.32 Å². The van der Waals surface area contributed by atoms with E-state index in [1.165, 1.54) is 24.8 Å². The molecular weight excluding hydrogens is 348 g/mol. The highest BCUT2D eigenvalue weighted by Crippen LogP contribution is 2.39. The Bertz CT molecular complexity index is 570. The molecule has 0 heterocycles. The second-order valence-corrected chi connectivity index (χ2v) is 7.91. The van der Waals surface area contributed by atoms with Gasteiger partial charge in [0.05, 0.1) is 7.11 Å². The van der Waals surface area contributed by atoms with Crippen molar-refractivity contribution in [2.24, 2.45) is 11.7 Å². The van der Waals surface area contributed by atoms with Gasteiger partial charge in [-0.15, -0.1) is 12.4 Å². The molecule has 3 N–H and O–H groups in total. The minimum atomic E-state index is 0. The van der Waals surface area contributed by atoms with Crippen molar-refractivity contribution in [3.05, 3.63) is 29.8 Å². The summed E-state index contributed by atoms with van der Waals surface area (Å²) in [5.41, 5.74) is 7.45. The molecule has 0 bridgehead atoms. The van der Waals surface area contributed by atoms with Gasteiger partial charge in [-0.2, -0.15) is 0 Å². The summed E-state index contributed by atoms with van der Waals surface area (Å²) in [6.45, 7) is 0.740. The molecule has 1 amide bonds. The molecule has 2 saturated carbocycles. The summed E-state index contributed by atoms with van der Waals surface area (Å²) >= 11 is 0. The van der Waals surface area contributed by atoms with Crippen LogP contribution < -0.4 is 15.8 Å². The molecule has 4 nitrogen and oxygen atoms in total. The monoisotopic (exact) mass is 380 g/mol. The predicted molar refractivity (Wildman–Crippen MR) is 108 cm³/mol. The van der Waals surface area contributed by atoms with Crippen LogP contribution in [0.25, 0.3) is 0 Å². The van der Waals surface area contributed by atoms with Crippen molar-refractivity contribution in [3.8, 4) is 5.75 Å². The van der Waals surface area contributed by atoms with Crippen LogP contribution in [-0.2, 0) is 10.2 Å². The summed E-state index contributed by atoms with van der Waals surface area (Å²) in [5, 5.41) is 3.28. The molecule has 2 fully saturated rings. The Morgan fingerprint density at radius 1 is 1.15 bits per heavy atom. The van der Waals surface area contributed by atoms with E-state index >= 15 is 0 Å². The summed E-state index contributed by atoms with van der Waals surface area (Å²) in [6, 6.07) is 8.61. The van der Waals surface area contributed by atoms with E-state index in [9.17, 15) is 4.79 Å². The first-order valence-electron chi connectivity index (χ1n) is 9.81. The third-order valence-corrected chi connectivity index (χ3v) is 6.20. The predicted octanol–water partition coefficient (Wildman–Crippen LogP) is 3.95. The molecule has 2 aliphatic carbocycles. The van der Waals surface area contributed by atoms with E-state index < -0.39 is 0 Å². The fourth-order valence-electron chi connectivity index (χ4n) is 4.61. The van der Waals surface area contributed by atoms with Gasteiger partial charge in [-0.05, 0) is 49.8 Å². The van der Waals surface area contributed by atoms with Crippen LogP contribution in [0.3, 0.4) is 0 Å². The molecule has 0 aliphatic heterocycles. The van der Waals surface area contributed by atoms with E-state index in [1.807, 2.05) is 12.1 Å². The van der Waals surface area contributed by atoms with Crippen molar-refractivity contribution < 1.29 is 9.53 Å². The van der Waals surface area contributed by atoms with Gasteiger partial charge in [-0.3, -0.25) is 4.79 Å². The number of nitrogens with two attached hydrogens (primary N) is 1. The number of nitrogens with one attached hydrogen (secondary N) is 1. The van der Waals surface area contributed by atoms with Crippen molar-refractivity contribution in [2.75, 3.05) is 13.7 Å². The standard InChI is InChI=1S/C21H32N2O2.ClH/c1-25-19-10-8-17(9-11-19)21(12-3-2-4-13-21)15-23-20(24)16-6-5-7-18(22)14-16;/h8-11,16,18H,2-7,12-15,22H2,1H3,(H,23,24);1H. The normalized spacial score (nSPS) is 25.0. The molecule has 0 saturated heterocycles. The second-order valence-electron chi connectivity index (χ2n) is 7.91. The Labute approximate surface area is 163 Å². The maximum atomic E-state index is 12.7. The van der Waals surface area contributed by atoms with Gasteiger partial charge < -0.3 is 15.8 Å². The number of hydrogen-bond donors (Lipinski definition) is 2. The molecule has 146 valence electrons. The molecule has 1 aromatic carbocycles. The smallest absolute Gasteiger partial charge is 0.223 e. The average molecular weight is 381 g/mol. The van der Waals surface area contributed by atoms with Crippen molar-refractivity contribution >= 4 is 18.3 Å². The van der Waals surface area contributed by atoms with Crippen LogP contribution in [0.4, 0.5) is 0 Å². The van der Waals surface area contributed by atoms with Crippen molar-refractivity contribution in [1.29, 1.82) is 0 Å². The van der Waals surface area contributed by atoms with E-state index in [1.54, 1.807) is 7.11 Å². The number of ether oxygens (including phenoxy) is 1. The molecule has 0 aromatic heterocycles. The zero-order valence-electron chi connectivity index (χ0n) is 15.8. The Kier molecular flexibility index (Phi) is 7.78. The maximum Gasteiger partial charge on any atom is 0.223 e. The third-order valence-electron chi connectivity index (χ3n) is 6.20. The summed E-state index contributed by atoms with van der Waals surface area (Å²) < 4.78 is 5.30. The lowest BCUT2D eigenvalue weighted by Crippen LogP contribution is -2.45. The highest BCUT2D eigenvalue weighted by atomic mass is 35.5. The second kappa shape index (κ2) is 9.61. The summed E-state index contributed by atoms with van der Waals surface area (Å²) in [5.74, 6) is 1.18. The third kappa shape index (κ3) is 4.92. The van der Waals surface area contributed by atoms with E-state index in [4.69, 9.17) is 10.5 Å². The summed E-state index contributed by atoms with van der Waals surface area (Å²) in [7, 11) is 1.69. The summed E-state index contributed by atoms with van der Waals surface area (Å²) in [6.07, 6.45) is 9.99. The zero-order chi connectivity index (χ0) is 17.7. The Balaban J connectivity index is 0.00000243. The van der Waals surface area contributed by atoms with Crippen molar-refractivity contribution in [3.63, 3.8) is 0 Å². The number of carbonyl (C=O) groups excluding carboxylic acids is 1. The SMILES string of the molecule is COc1ccc(C2(CNC(=O)C3CCCC(N)C3)CCCCC2)cc1.Cl. The van der Waals surface area contributed by atoms with Gasteiger partial charge in [0, 0.05) is 23.9 Å². The topological polar surface area (TPSA) is 64.3 Å². The number of hydrogen-bond acceptors (Lipinski definition) is 3. The molecule has 2 unspecified atom stereocenters. The number of halogens is 1. The summed E-state index contributed by atoms with van der Waals surface area (Å²) in [4.78, 5) is 12.7. The lowest BCUT2D eigenvalue weighted by Gasteiger charge is -2.39. The quantitative estimate of drug-likeness (QED) is 0.812. The Morgan fingerprint density at radius 2 is 1.85 bits per heavy atom. The average Bonchev–Trinajstić information content (AvgIpc) is 2.67. The van der Waals surface area contributed by atoms with Gasteiger partial charge in [-0.25, -0.2) is 0 Å². The van der Waals surface area contributed by atoms with Crippen molar-refractivity contribution in [2.45, 2.75) is 69.2 Å². The molecule has 2 aliphatic rings. The number of rotatable bonds is 5. The largest absolute Gasteiger partial charge is 0.497 e. The fraction of sp³-hybridized carbons (Fsp3) is 0.667. The zero-order valence-corrected chi connectivity index (χ0v) is 16.7. The van der Waals surface area contributed by atoms with Crippen LogP contribution in [0.2, 0.25) is 0 Å². The Morgan fingerprint density at radius 3 is 2.46 bits per heavy atom. The number of amides is 1.